The minimum absolute atomic E-state index is 0.220. The van der Waals surface area contributed by atoms with E-state index in [9.17, 15) is 9.59 Å². The van der Waals surface area contributed by atoms with E-state index in [2.05, 4.69) is 10.5 Å². The lowest BCUT2D eigenvalue weighted by Gasteiger charge is -2.01. The molecule has 0 radical (unpaired) electrons. The molecular formula is C17H11ClN2O3. The molecule has 1 N–H and O–H groups in total. The van der Waals surface area contributed by atoms with Crippen molar-refractivity contribution in [2.45, 2.75) is 0 Å². The normalized spacial score (nSPS) is 11.0. The zero-order valence-electron chi connectivity index (χ0n) is 11.8. The number of para-hydroxylation sites is 1. The van der Waals surface area contributed by atoms with E-state index >= 15 is 0 Å². The van der Waals surface area contributed by atoms with Crippen LogP contribution in [-0.4, -0.2) is 12.1 Å². The van der Waals surface area contributed by atoms with Crippen LogP contribution in [0.25, 0.3) is 11.0 Å². The summed E-state index contributed by atoms with van der Waals surface area (Å²) in [5.74, 6) is -0.461. The molecule has 1 heterocycles. The van der Waals surface area contributed by atoms with Crippen molar-refractivity contribution in [1.29, 1.82) is 0 Å². The highest BCUT2D eigenvalue weighted by atomic mass is 35.5. The molecular weight excluding hydrogens is 316 g/mol. The van der Waals surface area contributed by atoms with E-state index in [4.69, 9.17) is 16.0 Å². The lowest BCUT2D eigenvalue weighted by atomic mass is 10.2. The molecule has 0 aliphatic carbocycles. The van der Waals surface area contributed by atoms with Crippen molar-refractivity contribution in [3.05, 3.63) is 81.2 Å². The summed E-state index contributed by atoms with van der Waals surface area (Å²) in [6.45, 7) is 0. The van der Waals surface area contributed by atoms with Crippen LogP contribution in [0.15, 0.2) is 69.1 Å². The van der Waals surface area contributed by atoms with Gasteiger partial charge in [-0.05, 0) is 24.3 Å². The van der Waals surface area contributed by atoms with Crippen LogP contribution >= 0.6 is 11.6 Å². The molecule has 2 aromatic carbocycles. The third-order valence-electron chi connectivity index (χ3n) is 3.19. The van der Waals surface area contributed by atoms with Crippen LogP contribution in [0.2, 0.25) is 5.02 Å². The molecule has 114 valence electrons. The molecule has 1 aromatic heterocycles. The van der Waals surface area contributed by atoms with Crippen molar-refractivity contribution in [2.75, 3.05) is 0 Å². The molecule has 0 aliphatic heterocycles. The van der Waals surface area contributed by atoms with Crippen LogP contribution in [0.5, 0.6) is 0 Å². The summed E-state index contributed by atoms with van der Waals surface area (Å²) in [5, 5.41) is 4.56. The van der Waals surface area contributed by atoms with Gasteiger partial charge in [-0.3, -0.25) is 9.59 Å². The number of hydrogen-bond acceptors (Lipinski definition) is 4. The number of halogens is 1. The first-order valence-electron chi connectivity index (χ1n) is 6.75. The highest BCUT2D eigenvalue weighted by molar-refractivity contribution is 6.33. The van der Waals surface area contributed by atoms with Crippen LogP contribution in [0.4, 0.5) is 0 Å². The molecule has 0 atom stereocenters. The molecule has 0 fully saturated rings. The second-order valence-electron chi connectivity index (χ2n) is 4.70. The molecule has 0 spiro atoms. The SMILES string of the molecule is O=C(NN=Cc1coc2ccccc2c1=O)c1ccccc1Cl. The molecule has 0 unspecified atom stereocenters. The van der Waals surface area contributed by atoms with E-state index < -0.39 is 5.91 Å². The topological polar surface area (TPSA) is 71.7 Å². The number of benzene rings is 2. The number of carbonyl (C=O) groups excluding carboxylic acids is 1. The Morgan fingerprint density at radius 1 is 1.13 bits per heavy atom. The van der Waals surface area contributed by atoms with Gasteiger partial charge in [0.2, 0.25) is 5.43 Å². The first kappa shape index (κ1) is 15.0. The van der Waals surface area contributed by atoms with E-state index in [0.29, 0.717) is 21.6 Å². The van der Waals surface area contributed by atoms with Crippen molar-refractivity contribution in [2.24, 2.45) is 5.10 Å². The summed E-state index contributed by atoms with van der Waals surface area (Å²) in [6, 6.07) is 13.5. The molecule has 0 bridgehead atoms. The standard InChI is InChI=1S/C17H11ClN2O3/c18-14-7-3-1-5-12(14)17(22)20-19-9-11-10-23-15-8-4-2-6-13(15)16(11)21/h1-10H,(H,20,22). The number of hydrazone groups is 1. The molecule has 3 aromatic rings. The molecule has 3 rings (SSSR count). The third-order valence-corrected chi connectivity index (χ3v) is 3.52. The second-order valence-corrected chi connectivity index (χ2v) is 5.10. The van der Waals surface area contributed by atoms with Crippen molar-refractivity contribution >= 4 is 34.7 Å². The van der Waals surface area contributed by atoms with Gasteiger partial charge in [0.15, 0.2) is 0 Å². The molecule has 0 saturated carbocycles. The summed E-state index contributed by atoms with van der Waals surface area (Å²) in [6.07, 6.45) is 2.54. The number of amides is 1. The van der Waals surface area contributed by atoms with E-state index in [1.807, 2.05) is 0 Å². The predicted molar refractivity (Wildman–Crippen MR) is 89.0 cm³/mol. The Bertz CT molecular complexity index is 963. The maximum atomic E-state index is 12.2. The fraction of sp³-hybridized carbons (Fsp3) is 0. The molecule has 0 aliphatic rings. The zero-order valence-corrected chi connectivity index (χ0v) is 12.6. The van der Waals surface area contributed by atoms with Gasteiger partial charge >= 0.3 is 0 Å². The van der Waals surface area contributed by atoms with Crippen molar-refractivity contribution in [3.8, 4) is 0 Å². The van der Waals surface area contributed by atoms with Crippen molar-refractivity contribution in [1.82, 2.24) is 5.43 Å². The second kappa shape index (κ2) is 6.46. The van der Waals surface area contributed by atoms with E-state index in [0.717, 1.165) is 0 Å². The number of carbonyl (C=O) groups is 1. The lowest BCUT2D eigenvalue weighted by Crippen LogP contribution is -2.19. The molecule has 6 heteroatoms. The third kappa shape index (κ3) is 3.14. The Hall–Kier alpha value is -2.92. The Balaban J connectivity index is 1.81. The maximum absolute atomic E-state index is 12.2. The van der Waals surface area contributed by atoms with Crippen LogP contribution in [0.1, 0.15) is 15.9 Å². The molecule has 0 saturated heterocycles. The Kier molecular flexibility index (Phi) is 4.21. The van der Waals surface area contributed by atoms with Crippen molar-refractivity contribution < 1.29 is 9.21 Å². The summed E-state index contributed by atoms with van der Waals surface area (Å²) in [5.41, 5.74) is 3.15. The molecule has 1 amide bonds. The Labute approximate surface area is 136 Å². The van der Waals surface area contributed by atoms with Gasteiger partial charge < -0.3 is 4.42 Å². The van der Waals surface area contributed by atoms with Gasteiger partial charge in [-0.25, -0.2) is 5.43 Å². The maximum Gasteiger partial charge on any atom is 0.272 e. The van der Waals surface area contributed by atoms with E-state index in [-0.39, 0.29) is 11.0 Å². The lowest BCUT2D eigenvalue weighted by molar-refractivity contribution is 0.0955. The van der Waals surface area contributed by atoms with Crippen LogP contribution in [0.3, 0.4) is 0 Å². The minimum atomic E-state index is -0.461. The molecule has 5 nitrogen and oxygen atoms in total. The highest BCUT2D eigenvalue weighted by Gasteiger charge is 2.08. The van der Waals surface area contributed by atoms with E-state index in [1.54, 1.807) is 48.5 Å². The summed E-state index contributed by atoms with van der Waals surface area (Å²) in [4.78, 5) is 24.2. The van der Waals surface area contributed by atoms with Gasteiger partial charge in [-0.1, -0.05) is 35.9 Å². The number of nitrogens with zero attached hydrogens (tertiary/aromatic N) is 1. The summed E-state index contributed by atoms with van der Waals surface area (Å²) >= 11 is 5.93. The fourth-order valence-electron chi connectivity index (χ4n) is 2.05. The van der Waals surface area contributed by atoms with E-state index in [1.165, 1.54) is 12.5 Å². The van der Waals surface area contributed by atoms with Crippen LogP contribution in [0, 0.1) is 0 Å². The van der Waals surface area contributed by atoms with Crippen LogP contribution in [-0.2, 0) is 0 Å². The summed E-state index contributed by atoms with van der Waals surface area (Å²) < 4.78 is 5.36. The number of hydrogen-bond donors (Lipinski definition) is 1. The largest absolute Gasteiger partial charge is 0.463 e. The Morgan fingerprint density at radius 3 is 2.70 bits per heavy atom. The monoisotopic (exact) mass is 326 g/mol. The average molecular weight is 327 g/mol. The number of rotatable bonds is 3. The molecule has 23 heavy (non-hydrogen) atoms. The zero-order chi connectivity index (χ0) is 16.2. The highest BCUT2D eigenvalue weighted by Crippen LogP contribution is 2.14. The smallest absolute Gasteiger partial charge is 0.272 e. The van der Waals surface area contributed by atoms with Gasteiger partial charge in [0.05, 0.1) is 27.8 Å². The minimum Gasteiger partial charge on any atom is -0.463 e. The van der Waals surface area contributed by atoms with Gasteiger partial charge in [-0.2, -0.15) is 5.10 Å². The van der Waals surface area contributed by atoms with Crippen molar-refractivity contribution in [3.63, 3.8) is 0 Å². The average Bonchev–Trinajstić information content (AvgIpc) is 2.57. The Morgan fingerprint density at radius 2 is 1.87 bits per heavy atom. The van der Waals surface area contributed by atoms with Gasteiger partial charge in [0.1, 0.15) is 11.8 Å². The number of fused-ring (bicyclic) bond motifs is 1. The quantitative estimate of drug-likeness (QED) is 0.593. The first-order chi connectivity index (χ1) is 11.2. The fourth-order valence-corrected chi connectivity index (χ4v) is 2.27. The predicted octanol–water partition coefficient (Wildman–Crippen LogP) is 3.21. The van der Waals surface area contributed by atoms with Gasteiger partial charge in [-0.15, -0.1) is 0 Å². The summed E-state index contributed by atoms with van der Waals surface area (Å²) in [7, 11) is 0. The van der Waals surface area contributed by atoms with Crippen LogP contribution < -0.4 is 10.9 Å². The first-order valence-corrected chi connectivity index (χ1v) is 7.13. The number of nitrogens with one attached hydrogen (secondary N) is 1. The van der Waals surface area contributed by atoms with Gasteiger partial charge in [0, 0.05) is 0 Å². The van der Waals surface area contributed by atoms with Gasteiger partial charge in [0.25, 0.3) is 5.91 Å².